The molecule has 1 aromatic carbocycles. The van der Waals surface area contributed by atoms with Crippen LogP contribution in [0.2, 0.25) is 0 Å². The first-order chi connectivity index (χ1) is 15.7. The van der Waals surface area contributed by atoms with E-state index in [1.165, 1.54) is 4.74 Å². The van der Waals surface area contributed by atoms with E-state index >= 15 is 0 Å². The van der Waals surface area contributed by atoms with Crippen LogP contribution in [0.5, 0.6) is 0 Å². The third kappa shape index (κ3) is 5.54. The quantitative estimate of drug-likeness (QED) is 0.363. The highest BCUT2D eigenvalue weighted by Crippen LogP contribution is 2.56. The molecule has 0 unspecified atom stereocenters. The molecule has 1 rings (SSSR count). The standard InChI is InChI=1S/C15H6F17NO3/c16-8(11(20,21)22,7(34)33-6-4-2-1-3-5-6)35-15(31,32)10(19,13(26,27)28)36-14(29,30)9(17,18)12(23,24)25/h1-5H,(H,33,34)/t8-,10-/m0/s1. The number of hydrogen-bond acceptors (Lipinski definition) is 3. The minimum absolute atomic E-state index is 0.630. The van der Waals surface area contributed by atoms with Crippen LogP contribution in [-0.4, -0.2) is 54.3 Å². The Balaban J connectivity index is 3.61. The lowest BCUT2D eigenvalue weighted by molar-refractivity contribution is -0.548. The largest absolute Gasteiger partial charge is 0.462 e. The first kappa shape index (κ1) is 31.4. The Morgan fingerprint density at radius 2 is 1.03 bits per heavy atom. The molecule has 0 fully saturated rings. The zero-order valence-corrected chi connectivity index (χ0v) is 16.0. The molecule has 0 aliphatic heterocycles. The number of ether oxygens (including phenoxy) is 2. The van der Waals surface area contributed by atoms with Crippen LogP contribution < -0.4 is 5.32 Å². The zero-order valence-electron chi connectivity index (χ0n) is 16.0. The topological polar surface area (TPSA) is 47.6 Å². The van der Waals surface area contributed by atoms with Crippen LogP contribution >= 0.6 is 0 Å². The highest BCUT2D eigenvalue weighted by Gasteiger charge is 2.85. The summed E-state index contributed by atoms with van der Waals surface area (Å²) in [6, 6.07) is 4.19. The van der Waals surface area contributed by atoms with Crippen LogP contribution in [0.3, 0.4) is 0 Å². The molecule has 36 heavy (non-hydrogen) atoms. The SMILES string of the molecule is O=C(Nc1ccccc1)[C@](F)(OC(F)(F)[C@@](F)(OC(F)(F)C(F)(F)C(F)(F)F)C(F)(F)F)C(F)(F)F. The molecule has 0 heterocycles. The molecule has 0 bridgehead atoms. The molecule has 0 aromatic heterocycles. The van der Waals surface area contributed by atoms with E-state index in [9.17, 15) is 79.4 Å². The van der Waals surface area contributed by atoms with E-state index in [0.717, 1.165) is 23.5 Å². The van der Waals surface area contributed by atoms with Gasteiger partial charge in [0.1, 0.15) is 0 Å². The molecule has 4 nitrogen and oxygen atoms in total. The third-order valence-electron chi connectivity index (χ3n) is 3.69. The van der Waals surface area contributed by atoms with Crippen molar-refractivity contribution in [3.8, 4) is 0 Å². The molecule has 208 valence electrons. The second-order valence-corrected chi connectivity index (χ2v) is 6.32. The van der Waals surface area contributed by atoms with E-state index in [1.807, 2.05) is 4.74 Å². The Morgan fingerprint density at radius 1 is 0.583 bits per heavy atom. The Labute approximate surface area is 185 Å². The molecule has 21 heteroatoms. The Bertz CT molecular complexity index is 926. The maximum Gasteiger partial charge on any atom is 0.462 e. The van der Waals surface area contributed by atoms with Gasteiger partial charge in [-0.2, -0.15) is 74.6 Å². The second-order valence-electron chi connectivity index (χ2n) is 6.32. The number of para-hydroxylation sites is 1. The van der Waals surface area contributed by atoms with Gasteiger partial charge in [0.15, 0.2) is 0 Å². The maximum absolute atomic E-state index is 14.3. The fourth-order valence-electron chi connectivity index (χ4n) is 1.90. The summed E-state index contributed by atoms with van der Waals surface area (Å²) in [5.74, 6) is -26.2. The number of nitrogens with one attached hydrogen (secondary N) is 1. The monoisotopic (exact) mass is 571 g/mol. The molecule has 0 radical (unpaired) electrons. The van der Waals surface area contributed by atoms with Crippen molar-refractivity contribution in [2.45, 2.75) is 48.4 Å². The number of halogens is 17. The molecule has 1 N–H and O–H groups in total. The highest BCUT2D eigenvalue weighted by molar-refractivity contribution is 5.96. The fourth-order valence-corrected chi connectivity index (χ4v) is 1.90. The van der Waals surface area contributed by atoms with Crippen molar-refractivity contribution in [2.75, 3.05) is 5.32 Å². The van der Waals surface area contributed by atoms with Gasteiger partial charge >= 0.3 is 48.4 Å². The zero-order chi connectivity index (χ0) is 28.8. The van der Waals surface area contributed by atoms with Gasteiger partial charge in [-0.3, -0.25) is 14.3 Å². The van der Waals surface area contributed by atoms with E-state index in [1.54, 1.807) is 0 Å². The van der Waals surface area contributed by atoms with E-state index in [0.29, 0.717) is 12.1 Å². The minimum atomic E-state index is -8.05. The van der Waals surface area contributed by atoms with Gasteiger partial charge in [-0.1, -0.05) is 18.2 Å². The van der Waals surface area contributed by atoms with Crippen molar-refractivity contribution in [1.82, 2.24) is 0 Å². The van der Waals surface area contributed by atoms with Crippen LogP contribution in [0.4, 0.5) is 80.3 Å². The van der Waals surface area contributed by atoms with Crippen LogP contribution in [0, 0.1) is 0 Å². The number of rotatable bonds is 8. The van der Waals surface area contributed by atoms with Crippen LogP contribution in [-0.2, 0) is 14.3 Å². The number of anilines is 1. The lowest BCUT2D eigenvalue weighted by atomic mass is 10.2. The predicted octanol–water partition coefficient (Wildman–Crippen LogP) is 6.50. The molecular weight excluding hydrogens is 565 g/mol. The molecule has 2 atom stereocenters. The van der Waals surface area contributed by atoms with Crippen molar-refractivity contribution in [2.24, 2.45) is 0 Å². The number of amides is 1. The van der Waals surface area contributed by atoms with Gasteiger partial charge in [0.05, 0.1) is 0 Å². The summed E-state index contributed by atoms with van der Waals surface area (Å²) in [7, 11) is 0. The lowest BCUT2D eigenvalue weighted by Crippen LogP contribution is -2.68. The summed E-state index contributed by atoms with van der Waals surface area (Å²) in [6.45, 7) is 0. The van der Waals surface area contributed by atoms with E-state index in [2.05, 4.69) is 0 Å². The van der Waals surface area contributed by atoms with Gasteiger partial charge < -0.3 is 5.32 Å². The fraction of sp³-hybridized carbons (Fsp3) is 0.533. The molecule has 0 aliphatic carbocycles. The maximum atomic E-state index is 14.3. The van der Waals surface area contributed by atoms with E-state index in [4.69, 9.17) is 0 Å². The minimum Gasteiger partial charge on any atom is -0.321 e. The highest BCUT2D eigenvalue weighted by atomic mass is 19.4. The van der Waals surface area contributed by atoms with Gasteiger partial charge in [-0.05, 0) is 12.1 Å². The molecule has 0 spiro atoms. The van der Waals surface area contributed by atoms with E-state index < -0.39 is 60.0 Å². The Morgan fingerprint density at radius 3 is 1.39 bits per heavy atom. The van der Waals surface area contributed by atoms with Crippen molar-refractivity contribution in [1.29, 1.82) is 0 Å². The van der Waals surface area contributed by atoms with Crippen LogP contribution in [0.1, 0.15) is 0 Å². The first-order valence-corrected chi connectivity index (χ1v) is 8.14. The van der Waals surface area contributed by atoms with Crippen molar-refractivity contribution in [3.05, 3.63) is 30.3 Å². The van der Waals surface area contributed by atoms with Gasteiger partial charge in [0.2, 0.25) is 0 Å². The van der Waals surface area contributed by atoms with Crippen molar-refractivity contribution >= 4 is 11.6 Å². The lowest BCUT2D eigenvalue weighted by Gasteiger charge is -2.40. The molecule has 1 amide bonds. The van der Waals surface area contributed by atoms with Gasteiger partial charge in [0.25, 0.3) is 5.91 Å². The van der Waals surface area contributed by atoms with Crippen molar-refractivity contribution in [3.63, 3.8) is 0 Å². The molecule has 0 saturated heterocycles. The number of hydrogen-bond donors (Lipinski definition) is 1. The Kier molecular flexibility index (Phi) is 7.92. The van der Waals surface area contributed by atoms with Gasteiger partial charge in [0, 0.05) is 5.69 Å². The summed E-state index contributed by atoms with van der Waals surface area (Å²) < 4.78 is 225. The second kappa shape index (κ2) is 9.06. The summed E-state index contributed by atoms with van der Waals surface area (Å²) in [6.07, 6.45) is -38.5. The average molecular weight is 571 g/mol. The smallest absolute Gasteiger partial charge is 0.321 e. The Hall–Kier alpha value is -2.58. The first-order valence-electron chi connectivity index (χ1n) is 8.14. The van der Waals surface area contributed by atoms with Gasteiger partial charge in [-0.25, -0.2) is 0 Å². The summed E-state index contributed by atoms with van der Waals surface area (Å²) in [4.78, 5) is 11.6. The summed E-state index contributed by atoms with van der Waals surface area (Å²) in [5, 5.41) is 0.841. The molecule has 0 saturated carbocycles. The predicted molar refractivity (Wildman–Crippen MR) is 77.9 cm³/mol. The number of carbonyl (C=O) groups excluding carboxylic acids is 1. The van der Waals surface area contributed by atoms with Gasteiger partial charge in [-0.15, -0.1) is 0 Å². The molecule has 1 aromatic rings. The number of alkyl halides is 17. The third-order valence-corrected chi connectivity index (χ3v) is 3.69. The number of carbonyl (C=O) groups is 1. The summed E-state index contributed by atoms with van der Waals surface area (Å²) in [5.41, 5.74) is -0.893. The summed E-state index contributed by atoms with van der Waals surface area (Å²) >= 11 is 0. The molecular formula is C15H6F17NO3. The van der Waals surface area contributed by atoms with Crippen molar-refractivity contribution < 1.29 is 88.9 Å². The van der Waals surface area contributed by atoms with E-state index in [-0.39, 0.29) is 0 Å². The van der Waals surface area contributed by atoms with Crippen LogP contribution in [0.15, 0.2) is 30.3 Å². The average Bonchev–Trinajstić information content (AvgIpc) is 2.65. The molecule has 0 aliphatic rings. The van der Waals surface area contributed by atoms with Crippen LogP contribution in [0.25, 0.3) is 0 Å². The normalized spacial score (nSPS) is 17.8. The number of benzene rings is 1.